The molecule has 2 aliphatic carbocycles. The molecule has 0 radical (unpaired) electrons. The lowest BCUT2D eigenvalue weighted by Crippen LogP contribution is -2.33. The number of alkyl halides is 3. The number of ether oxygens (including phenoxy) is 2. The minimum Gasteiger partial charge on any atom is -0.465 e. The van der Waals surface area contributed by atoms with E-state index in [0.717, 1.165) is 16.8 Å². The second-order valence-electron chi connectivity index (χ2n) is 8.73. The van der Waals surface area contributed by atoms with Gasteiger partial charge in [0.05, 0.1) is 46.4 Å². The summed E-state index contributed by atoms with van der Waals surface area (Å²) in [6.45, 7) is 0.154. The molecule has 2 N–H and O–H groups in total. The zero-order valence-electron chi connectivity index (χ0n) is 20.0. The summed E-state index contributed by atoms with van der Waals surface area (Å²) in [7, 11) is -1.24. The van der Waals surface area contributed by atoms with Gasteiger partial charge in [0.15, 0.2) is 9.84 Å². The Bertz CT molecular complexity index is 1270. The topological polar surface area (TPSA) is 156 Å². The third-order valence-electron chi connectivity index (χ3n) is 6.09. The van der Waals surface area contributed by atoms with Gasteiger partial charge < -0.3 is 19.9 Å². The normalized spacial score (nSPS) is 20.4. The standard InChI is InChI=1S/C17H20F3N3O4S.C5H6N2O2/c1-26-10-11-9-23(22-21-11)12-3-6-16(15(7-12)17(18,19)20)28(24,25)14-5-4-13(8-14)27-2;6-3-5(1-2-5)7-4(8)9/h3,6-7,9,13-14H,4-5,8,10H2,1-2H3;7H,1-2H2,(H,8,9)/t13-,14-;/m0./s1. The van der Waals surface area contributed by atoms with E-state index in [2.05, 4.69) is 15.6 Å². The number of carboxylic acid groups (broad SMARTS) is 1. The lowest BCUT2D eigenvalue weighted by Gasteiger charge is -2.18. The fourth-order valence-corrected chi connectivity index (χ4v) is 5.95. The molecule has 1 aromatic carbocycles. The maximum atomic E-state index is 13.7. The summed E-state index contributed by atoms with van der Waals surface area (Å²) in [5.74, 6) is 0. The summed E-state index contributed by atoms with van der Waals surface area (Å²) in [5.41, 5.74) is -1.45. The molecule has 1 aromatic heterocycles. The van der Waals surface area contributed by atoms with Gasteiger partial charge in [-0.1, -0.05) is 5.21 Å². The minimum atomic E-state index is -4.84. The second kappa shape index (κ2) is 11.0. The molecule has 0 bridgehead atoms. The van der Waals surface area contributed by atoms with Crippen LogP contribution in [-0.4, -0.2) is 65.7 Å². The number of sulfone groups is 1. The van der Waals surface area contributed by atoms with Crippen LogP contribution in [0.25, 0.3) is 5.69 Å². The number of aromatic nitrogens is 3. The van der Waals surface area contributed by atoms with Crippen molar-refractivity contribution in [1.29, 1.82) is 5.26 Å². The summed E-state index contributed by atoms with van der Waals surface area (Å²) < 4.78 is 78.0. The number of nitrogens with zero attached hydrogens (tertiary/aromatic N) is 4. The molecule has 1 amide bonds. The lowest BCUT2D eigenvalue weighted by molar-refractivity contribution is -0.139. The van der Waals surface area contributed by atoms with Crippen LogP contribution in [0.3, 0.4) is 0 Å². The SMILES string of the molecule is COCc1cn(-c2ccc(S(=O)(=O)[C@H]3CC[C@H](OC)C3)c(C(F)(F)F)c2)nn1.N#CC1(NC(=O)O)CC1. The van der Waals surface area contributed by atoms with E-state index in [1.807, 2.05) is 6.07 Å². The summed E-state index contributed by atoms with van der Waals surface area (Å²) >= 11 is 0. The van der Waals surface area contributed by atoms with Crippen molar-refractivity contribution in [2.45, 2.75) is 66.7 Å². The highest BCUT2D eigenvalue weighted by molar-refractivity contribution is 7.92. The minimum absolute atomic E-state index is 0.0577. The van der Waals surface area contributed by atoms with Gasteiger partial charge >= 0.3 is 12.3 Å². The van der Waals surface area contributed by atoms with E-state index < -0.39 is 43.4 Å². The van der Waals surface area contributed by atoms with Crippen LogP contribution in [-0.2, 0) is 32.1 Å². The molecule has 2 fully saturated rings. The van der Waals surface area contributed by atoms with Crippen LogP contribution in [0.2, 0.25) is 0 Å². The van der Waals surface area contributed by atoms with Crippen LogP contribution in [0.4, 0.5) is 18.0 Å². The molecule has 2 atom stereocenters. The number of hydrogen-bond donors (Lipinski definition) is 2. The Labute approximate surface area is 211 Å². The molecule has 2 aliphatic rings. The number of methoxy groups -OCH3 is 2. The van der Waals surface area contributed by atoms with E-state index in [4.69, 9.17) is 19.8 Å². The van der Waals surface area contributed by atoms with Gasteiger partial charge in [0.1, 0.15) is 11.2 Å². The first-order valence-corrected chi connectivity index (χ1v) is 12.7. The van der Waals surface area contributed by atoms with Crippen molar-refractivity contribution in [3.05, 3.63) is 35.7 Å². The van der Waals surface area contributed by atoms with Crippen LogP contribution in [0.15, 0.2) is 29.3 Å². The van der Waals surface area contributed by atoms with Gasteiger partial charge in [-0.2, -0.15) is 18.4 Å². The van der Waals surface area contributed by atoms with Gasteiger partial charge in [0.25, 0.3) is 0 Å². The highest BCUT2D eigenvalue weighted by Gasteiger charge is 2.45. The summed E-state index contributed by atoms with van der Waals surface area (Å²) in [5, 5.41) is 25.3. The third kappa shape index (κ3) is 6.76. The monoisotopic (exact) mass is 545 g/mol. The molecule has 11 nitrogen and oxygen atoms in total. The molecule has 0 spiro atoms. The van der Waals surface area contributed by atoms with E-state index in [1.54, 1.807) is 0 Å². The second-order valence-corrected chi connectivity index (χ2v) is 10.9. The molecular formula is C22H26F3N5O6S. The Kier molecular flexibility index (Phi) is 8.45. The molecule has 2 saturated carbocycles. The smallest absolute Gasteiger partial charge is 0.417 e. The Balaban J connectivity index is 0.000000356. The number of nitriles is 1. The zero-order valence-corrected chi connectivity index (χ0v) is 20.8. The Morgan fingerprint density at radius 3 is 2.51 bits per heavy atom. The van der Waals surface area contributed by atoms with Crippen LogP contribution in [0.1, 0.15) is 43.4 Å². The molecule has 0 unspecified atom stereocenters. The fourth-order valence-electron chi connectivity index (χ4n) is 3.94. The molecule has 1 heterocycles. The van der Waals surface area contributed by atoms with Crippen molar-refractivity contribution in [2.75, 3.05) is 14.2 Å². The van der Waals surface area contributed by atoms with Gasteiger partial charge in [-0.25, -0.2) is 17.9 Å². The largest absolute Gasteiger partial charge is 0.465 e. The summed E-state index contributed by atoms with van der Waals surface area (Å²) in [6.07, 6.45) is -2.55. The predicted molar refractivity (Wildman–Crippen MR) is 121 cm³/mol. The average molecular weight is 546 g/mol. The van der Waals surface area contributed by atoms with Crippen molar-refractivity contribution in [2.24, 2.45) is 0 Å². The molecule has 2 aromatic rings. The Morgan fingerprint density at radius 1 is 1.32 bits per heavy atom. The number of hydrogen-bond acceptors (Lipinski definition) is 8. The maximum absolute atomic E-state index is 13.7. The quantitative estimate of drug-likeness (QED) is 0.534. The molecule has 0 saturated heterocycles. The average Bonchev–Trinajstić information content (AvgIpc) is 3.23. The molecule has 0 aliphatic heterocycles. The molecule has 202 valence electrons. The Hall–Kier alpha value is -3.22. The van der Waals surface area contributed by atoms with Crippen molar-refractivity contribution >= 4 is 15.9 Å². The summed E-state index contributed by atoms with van der Waals surface area (Å²) in [6, 6.07) is 4.95. The van der Waals surface area contributed by atoms with Gasteiger partial charge in [-0.15, -0.1) is 5.10 Å². The number of nitrogens with one attached hydrogen (secondary N) is 1. The predicted octanol–water partition coefficient (Wildman–Crippen LogP) is 3.08. The van der Waals surface area contributed by atoms with Crippen molar-refractivity contribution in [1.82, 2.24) is 20.3 Å². The number of carbonyl (C=O) groups is 1. The van der Waals surface area contributed by atoms with Gasteiger partial charge in [-0.05, 0) is 50.3 Å². The first-order chi connectivity index (χ1) is 17.3. The molecule has 37 heavy (non-hydrogen) atoms. The van der Waals surface area contributed by atoms with E-state index in [1.165, 1.54) is 26.5 Å². The lowest BCUT2D eigenvalue weighted by atomic mass is 10.2. The first-order valence-electron chi connectivity index (χ1n) is 11.2. The van der Waals surface area contributed by atoms with Gasteiger partial charge in [-0.3, -0.25) is 0 Å². The third-order valence-corrected chi connectivity index (χ3v) is 8.37. The zero-order chi connectivity index (χ0) is 27.4. The fraction of sp³-hybridized carbons (Fsp3) is 0.545. The van der Waals surface area contributed by atoms with E-state index in [9.17, 15) is 26.4 Å². The number of halogens is 3. The molecule has 15 heteroatoms. The van der Waals surface area contributed by atoms with Crippen molar-refractivity contribution in [3.63, 3.8) is 0 Å². The van der Waals surface area contributed by atoms with Crippen LogP contribution >= 0.6 is 0 Å². The van der Waals surface area contributed by atoms with E-state index in [0.29, 0.717) is 25.0 Å². The molecular weight excluding hydrogens is 519 g/mol. The van der Waals surface area contributed by atoms with Crippen LogP contribution < -0.4 is 5.32 Å². The number of rotatable bonds is 7. The molecule has 4 rings (SSSR count). The van der Waals surface area contributed by atoms with Crippen LogP contribution in [0, 0.1) is 11.3 Å². The summed E-state index contributed by atoms with van der Waals surface area (Å²) in [4.78, 5) is 9.23. The number of amides is 1. The highest BCUT2D eigenvalue weighted by Crippen LogP contribution is 2.39. The highest BCUT2D eigenvalue weighted by atomic mass is 32.2. The first kappa shape index (κ1) is 28.4. The van der Waals surface area contributed by atoms with E-state index in [-0.39, 0.29) is 31.2 Å². The number of benzene rings is 1. The maximum Gasteiger partial charge on any atom is 0.417 e. The van der Waals surface area contributed by atoms with Crippen molar-refractivity contribution in [3.8, 4) is 11.8 Å². The van der Waals surface area contributed by atoms with E-state index >= 15 is 0 Å². The van der Waals surface area contributed by atoms with Crippen molar-refractivity contribution < 1.29 is 41.0 Å². The van der Waals surface area contributed by atoms with Gasteiger partial charge in [0.2, 0.25) is 0 Å². The van der Waals surface area contributed by atoms with Crippen LogP contribution in [0.5, 0.6) is 0 Å². The van der Waals surface area contributed by atoms with Gasteiger partial charge in [0, 0.05) is 14.2 Å². The Morgan fingerprint density at radius 2 is 2.03 bits per heavy atom.